The highest BCUT2D eigenvalue weighted by atomic mass is 16.5. The number of ether oxygens (including phenoxy) is 1. The lowest BCUT2D eigenvalue weighted by Crippen LogP contribution is -2.29. The fourth-order valence-electron chi connectivity index (χ4n) is 3.57. The van der Waals surface area contributed by atoms with Crippen molar-refractivity contribution in [3.05, 3.63) is 83.8 Å². The summed E-state index contributed by atoms with van der Waals surface area (Å²) >= 11 is 0. The van der Waals surface area contributed by atoms with Crippen LogP contribution < -0.4 is 10.1 Å². The van der Waals surface area contributed by atoms with Gasteiger partial charge >= 0.3 is 0 Å². The zero-order valence-electron chi connectivity index (χ0n) is 18.9. The van der Waals surface area contributed by atoms with Gasteiger partial charge in [0.15, 0.2) is 5.65 Å². The van der Waals surface area contributed by atoms with E-state index in [-0.39, 0.29) is 11.3 Å². The average molecular weight is 429 g/mol. The normalized spacial score (nSPS) is 11.5. The van der Waals surface area contributed by atoms with Crippen molar-refractivity contribution in [1.82, 2.24) is 19.9 Å². The number of carbonyl (C=O) groups is 1. The van der Waals surface area contributed by atoms with Crippen LogP contribution in [0.3, 0.4) is 0 Å². The minimum Gasteiger partial charge on any atom is -0.492 e. The summed E-state index contributed by atoms with van der Waals surface area (Å²) in [5.41, 5.74) is 5.34. The van der Waals surface area contributed by atoms with E-state index >= 15 is 0 Å². The van der Waals surface area contributed by atoms with Crippen LogP contribution in [0.25, 0.3) is 16.8 Å². The number of rotatable bonds is 6. The lowest BCUT2D eigenvalue weighted by molar-refractivity contribution is 0.0945. The zero-order valence-corrected chi connectivity index (χ0v) is 18.9. The van der Waals surface area contributed by atoms with Gasteiger partial charge < -0.3 is 10.1 Å². The Morgan fingerprint density at radius 1 is 1.03 bits per heavy atom. The van der Waals surface area contributed by atoms with Crippen LogP contribution >= 0.6 is 0 Å². The van der Waals surface area contributed by atoms with E-state index in [2.05, 4.69) is 60.4 Å². The average Bonchev–Trinajstić information content (AvgIpc) is 3.22. The first-order chi connectivity index (χ1) is 15.3. The van der Waals surface area contributed by atoms with E-state index in [1.807, 2.05) is 37.3 Å². The second-order valence-electron chi connectivity index (χ2n) is 8.80. The van der Waals surface area contributed by atoms with Crippen LogP contribution in [0, 0.1) is 6.92 Å². The number of amides is 1. The van der Waals surface area contributed by atoms with Gasteiger partial charge in [-0.25, -0.2) is 9.50 Å². The third kappa shape index (κ3) is 4.49. The van der Waals surface area contributed by atoms with Crippen molar-refractivity contribution < 1.29 is 9.53 Å². The Labute approximate surface area is 188 Å². The molecule has 0 atom stereocenters. The van der Waals surface area contributed by atoms with Crippen molar-refractivity contribution >= 4 is 11.6 Å². The third-order valence-electron chi connectivity index (χ3n) is 5.47. The maximum atomic E-state index is 12.7. The Bertz CT molecular complexity index is 1220. The van der Waals surface area contributed by atoms with Crippen LogP contribution in [0.1, 0.15) is 42.4 Å². The van der Waals surface area contributed by atoms with Gasteiger partial charge in [-0.15, -0.1) is 0 Å². The quantitative estimate of drug-likeness (QED) is 0.448. The summed E-state index contributed by atoms with van der Waals surface area (Å²) < 4.78 is 7.35. The summed E-state index contributed by atoms with van der Waals surface area (Å²) in [5.74, 6) is 0.584. The van der Waals surface area contributed by atoms with Crippen molar-refractivity contribution in [2.75, 3.05) is 13.2 Å². The predicted octanol–water partition coefficient (Wildman–Crippen LogP) is 4.81. The molecule has 0 saturated carbocycles. The van der Waals surface area contributed by atoms with Gasteiger partial charge in [0.05, 0.1) is 24.0 Å². The molecule has 0 aliphatic carbocycles. The Hall–Kier alpha value is -3.67. The maximum Gasteiger partial charge on any atom is 0.254 e. The number of fused-ring (bicyclic) bond motifs is 1. The summed E-state index contributed by atoms with van der Waals surface area (Å²) in [7, 11) is 0. The first kappa shape index (κ1) is 21.6. The molecule has 0 fully saturated rings. The molecule has 0 unspecified atom stereocenters. The van der Waals surface area contributed by atoms with Gasteiger partial charge in [-0.3, -0.25) is 4.79 Å². The van der Waals surface area contributed by atoms with Gasteiger partial charge in [-0.2, -0.15) is 5.10 Å². The fourth-order valence-corrected chi connectivity index (χ4v) is 3.57. The minimum absolute atomic E-state index is 0.100. The summed E-state index contributed by atoms with van der Waals surface area (Å²) in [4.78, 5) is 17.2. The van der Waals surface area contributed by atoms with Crippen LogP contribution in [0.4, 0.5) is 0 Å². The van der Waals surface area contributed by atoms with E-state index in [0.717, 1.165) is 28.2 Å². The molecular formula is C26H28N4O2. The first-order valence-corrected chi connectivity index (χ1v) is 10.7. The molecule has 0 bridgehead atoms. The molecule has 4 rings (SSSR count). The molecule has 1 N–H and O–H groups in total. The monoisotopic (exact) mass is 428 g/mol. The van der Waals surface area contributed by atoms with Gasteiger partial charge in [0.2, 0.25) is 0 Å². The largest absolute Gasteiger partial charge is 0.492 e. The van der Waals surface area contributed by atoms with E-state index in [4.69, 9.17) is 4.74 Å². The molecule has 0 radical (unpaired) electrons. The van der Waals surface area contributed by atoms with Crippen LogP contribution in [-0.4, -0.2) is 33.7 Å². The number of hydrogen-bond acceptors (Lipinski definition) is 4. The van der Waals surface area contributed by atoms with Crippen LogP contribution in [0.5, 0.6) is 5.75 Å². The molecule has 6 heteroatoms. The predicted molar refractivity (Wildman–Crippen MR) is 126 cm³/mol. The summed E-state index contributed by atoms with van der Waals surface area (Å²) in [6.07, 6.45) is 3.42. The molecule has 1 amide bonds. The molecule has 0 saturated heterocycles. The number of para-hydroxylation sites is 1. The highest BCUT2D eigenvalue weighted by Crippen LogP contribution is 2.28. The lowest BCUT2D eigenvalue weighted by atomic mass is 9.86. The van der Waals surface area contributed by atoms with Gasteiger partial charge in [0.1, 0.15) is 12.4 Å². The van der Waals surface area contributed by atoms with Gasteiger partial charge in [0.25, 0.3) is 5.91 Å². The van der Waals surface area contributed by atoms with E-state index in [9.17, 15) is 4.79 Å². The second kappa shape index (κ2) is 8.83. The first-order valence-electron chi connectivity index (χ1n) is 10.7. The Kier molecular flexibility index (Phi) is 5.95. The minimum atomic E-state index is -0.194. The van der Waals surface area contributed by atoms with Crippen LogP contribution in [0.15, 0.2) is 67.0 Å². The highest BCUT2D eigenvalue weighted by molar-refractivity contribution is 5.95. The molecule has 0 aliphatic rings. The molecule has 2 aromatic heterocycles. The third-order valence-corrected chi connectivity index (χ3v) is 5.47. The molecule has 4 aromatic rings. The van der Waals surface area contributed by atoms with Gasteiger partial charge in [-0.05, 0) is 35.6 Å². The molecule has 32 heavy (non-hydrogen) atoms. The lowest BCUT2D eigenvalue weighted by Gasteiger charge is -2.19. The molecule has 0 spiro atoms. The number of nitrogens with zero attached hydrogens (tertiary/aromatic N) is 3. The maximum absolute atomic E-state index is 12.7. The Morgan fingerprint density at radius 3 is 2.44 bits per heavy atom. The van der Waals surface area contributed by atoms with Crippen molar-refractivity contribution in [3.8, 4) is 16.9 Å². The van der Waals surface area contributed by atoms with E-state index < -0.39 is 0 Å². The van der Waals surface area contributed by atoms with Crippen molar-refractivity contribution in [3.63, 3.8) is 0 Å². The number of hydrogen-bond donors (Lipinski definition) is 1. The number of benzene rings is 2. The number of aromatic nitrogens is 3. The summed E-state index contributed by atoms with van der Waals surface area (Å²) in [6.45, 7) is 9.26. The molecule has 164 valence electrons. The molecule has 2 aromatic carbocycles. The van der Waals surface area contributed by atoms with Crippen LogP contribution in [0.2, 0.25) is 0 Å². The van der Waals surface area contributed by atoms with E-state index in [1.54, 1.807) is 16.9 Å². The summed E-state index contributed by atoms with van der Waals surface area (Å²) in [5, 5.41) is 7.38. The van der Waals surface area contributed by atoms with E-state index in [0.29, 0.717) is 18.7 Å². The smallest absolute Gasteiger partial charge is 0.254 e. The summed E-state index contributed by atoms with van der Waals surface area (Å²) in [6, 6.07) is 18.0. The van der Waals surface area contributed by atoms with Crippen LogP contribution in [-0.2, 0) is 5.41 Å². The van der Waals surface area contributed by atoms with Crippen molar-refractivity contribution in [2.45, 2.75) is 33.1 Å². The number of nitrogens with one attached hydrogen (secondary N) is 1. The topological polar surface area (TPSA) is 68.5 Å². The highest BCUT2D eigenvalue weighted by Gasteiger charge is 2.17. The molecule has 6 nitrogen and oxygen atoms in total. The van der Waals surface area contributed by atoms with Gasteiger partial charge in [0, 0.05) is 11.8 Å². The molecule has 2 heterocycles. The van der Waals surface area contributed by atoms with Crippen molar-refractivity contribution in [1.29, 1.82) is 0 Å². The Balaban J connectivity index is 1.48. The number of aryl methyl sites for hydroxylation is 1. The molecule has 0 aliphatic heterocycles. The van der Waals surface area contributed by atoms with E-state index in [1.165, 1.54) is 5.56 Å². The molecular weight excluding hydrogens is 400 g/mol. The second-order valence-corrected chi connectivity index (χ2v) is 8.80. The zero-order chi connectivity index (χ0) is 22.7. The number of carbonyl (C=O) groups excluding carboxylic acids is 1. The Morgan fingerprint density at radius 2 is 1.75 bits per heavy atom. The standard InChI is InChI=1S/C26H28N4O2/c1-18-22(25(31)27-14-15-32-21-8-6-5-7-9-21)16-28-24-23(17-29-30(18)24)19-10-12-20(13-11-19)26(2,3)4/h5-13,16-17H,14-15H2,1-4H3,(H,27,31). The SMILES string of the molecule is Cc1c(C(=O)NCCOc2ccccc2)cnc2c(-c3ccc(C(C)(C)C)cc3)cnn12. The fraction of sp³-hybridized carbons (Fsp3) is 0.269. The van der Waals surface area contributed by atoms with Crippen molar-refractivity contribution in [2.24, 2.45) is 0 Å². The van der Waals surface area contributed by atoms with Gasteiger partial charge in [-0.1, -0.05) is 63.2 Å².